The molecule has 0 aliphatic carbocycles. The average molecular weight is 180 g/mol. The van der Waals surface area contributed by atoms with Gasteiger partial charge in [-0.1, -0.05) is 0 Å². The fraction of sp³-hybridized carbons (Fsp3) is 0.333. The standard InChI is InChI=1S/C9H12N2O2/c1-8(13)6-11(7-12)9-3-2-4-10-5-9/h2-5,7-8,13H,6H2,1H3. The zero-order valence-electron chi connectivity index (χ0n) is 7.42. The summed E-state index contributed by atoms with van der Waals surface area (Å²) in [5.74, 6) is 0. The number of anilines is 1. The minimum Gasteiger partial charge on any atom is -0.392 e. The van der Waals surface area contributed by atoms with E-state index in [1.54, 1.807) is 31.5 Å². The van der Waals surface area contributed by atoms with E-state index in [0.717, 1.165) is 0 Å². The largest absolute Gasteiger partial charge is 0.392 e. The Kier molecular flexibility index (Phi) is 3.40. The van der Waals surface area contributed by atoms with Crippen LogP contribution in [-0.4, -0.2) is 29.1 Å². The average Bonchev–Trinajstić information content (AvgIpc) is 2.15. The molecule has 4 heteroatoms. The van der Waals surface area contributed by atoms with Crippen molar-refractivity contribution in [1.82, 2.24) is 4.98 Å². The zero-order valence-corrected chi connectivity index (χ0v) is 7.42. The Morgan fingerprint density at radius 3 is 3.00 bits per heavy atom. The van der Waals surface area contributed by atoms with E-state index >= 15 is 0 Å². The first-order valence-corrected chi connectivity index (χ1v) is 4.04. The van der Waals surface area contributed by atoms with Crippen LogP contribution in [-0.2, 0) is 4.79 Å². The summed E-state index contributed by atoms with van der Waals surface area (Å²) in [4.78, 5) is 15.9. The van der Waals surface area contributed by atoms with Crippen molar-refractivity contribution in [2.24, 2.45) is 0 Å². The van der Waals surface area contributed by atoms with Crippen LogP contribution in [0, 0.1) is 0 Å². The topological polar surface area (TPSA) is 53.4 Å². The molecule has 0 spiro atoms. The van der Waals surface area contributed by atoms with Crippen LogP contribution < -0.4 is 4.90 Å². The van der Waals surface area contributed by atoms with Gasteiger partial charge in [-0.05, 0) is 19.1 Å². The molecule has 0 radical (unpaired) electrons. The Hall–Kier alpha value is -1.42. The van der Waals surface area contributed by atoms with Gasteiger partial charge in [0.2, 0.25) is 6.41 Å². The van der Waals surface area contributed by atoms with Crippen LogP contribution in [0.2, 0.25) is 0 Å². The SMILES string of the molecule is CC(O)CN(C=O)c1cccnc1. The molecule has 1 unspecified atom stereocenters. The third-order valence-electron chi connectivity index (χ3n) is 1.57. The molecule has 0 aromatic carbocycles. The molecular weight excluding hydrogens is 168 g/mol. The van der Waals surface area contributed by atoms with Crippen molar-refractivity contribution in [3.63, 3.8) is 0 Å². The lowest BCUT2D eigenvalue weighted by atomic mass is 10.3. The van der Waals surface area contributed by atoms with Gasteiger partial charge in [-0.2, -0.15) is 0 Å². The van der Waals surface area contributed by atoms with Crippen LogP contribution in [0.25, 0.3) is 0 Å². The predicted molar refractivity (Wildman–Crippen MR) is 49.3 cm³/mol. The van der Waals surface area contributed by atoms with Gasteiger partial charge in [0.1, 0.15) is 0 Å². The van der Waals surface area contributed by atoms with E-state index in [9.17, 15) is 4.79 Å². The first-order chi connectivity index (χ1) is 6.24. The number of hydrogen-bond donors (Lipinski definition) is 1. The molecular formula is C9H12N2O2. The fourth-order valence-corrected chi connectivity index (χ4v) is 1.02. The van der Waals surface area contributed by atoms with Gasteiger partial charge in [0.05, 0.1) is 24.5 Å². The van der Waals surface area contributed by atoms with E-state index < -0.39 is 6.10 Å². The summed E-state index contributed by atoms with van der Waals surface area (Å²) < 4.78 is 0. The molecule has 1 amide bonds. The number of nitrogens with zero attached hydrogens (tertiary/aromatic N) is 2. The van der Waals surface area contributed by atoms with Crippen molar-refractivity contribution in [3.8, 4) is 0 Å². The summed E-state index contributed by atoms with van der Waals surface area (Å²) in [7, 11) is 0. The molecule has 13 heavy (non-hydrogen) atoms. The summed E-state index contributed by atoms with van der Waals surface area (Å²) in [5.41, 5.74) is 0.693. The van der Waals surface area contributed by atoms with Gasteiger partial charge in [0.15, 0.2) is 0 Å². The van der Waals surface area contributed by atoms with Crippen LogP contribution in [0.4, 0.5) is 5.69 Å². The highest BCUT2D eigenvalue weighted by atomic mass is 16.3. The smallest absolute Gasteiger partial charge is 0.214 e. The molecule has 1 atom stereocenters. The number of carbonyl (C=O) groups excluding carboxylic acids is 1. The second kappa shape index (κ2) is 4.57. The normalized spacial score (nSPS) is 12.2. The first kappa shape index (κ1) is 9.67. The van der Waals surface area contributed by atoms with Crippen LogP contribution in [0.1, 0.15) is 6.92 Å². The second-order valence-electron chi connectivity index (χ2n) is 2.82. The third-order valence-corrected chi connectivity index (χ3v) is 1.57. The Balaban J connectivity index is 2.73. The lowest BCUT2D eigenvalue weighted by molar-refractivity contribution is -0.107. The molecule has 1 N–H and O–H groups in total. The van der Waals surface area contributed by atoms with E-state index in [0.29, 0.717) is 12.1 Å². The molecule has 1 aromatic heterocycles. The molecule has 0 aliphatic rings. The predicted octanol–water partition coefficient (Wildman–Crippen LogP) is 0.425. The Labute approximate surface area is 76.8 Å². The highest BCUT2D eigenvalue weighted by molar-refractivity contribution is 5.74. The summed E-state index contributed by atoms with van der Waals surface area (Å²) in [6.07, 6.45) is 3.36. The minimum atomic E-state index is -0.537. The summed E-state index contributed by atoms with van der Waals surface area (Å²) in [6, 6.07) is 3.51. The number of hydrogen-bond acceptors (Lipinski definition) is 3. The maximum atomic E-state index is 10.6. The molecule has 1 heterocycles. The molecule has 1 rings (SSSR count). The molecule has 0 bridgehead atoms. The maximum absolute atomic E-state index is 10.6. The quantitative estimate of drug-likeness (QED) is 0.683. The Morgan fingerprint density at radius 1 is 1.77 bits per heavy atom. The number of amides is 1. The number of aliphatic hydroxyl groups is 1. The molecule has 0 saturated carbocycles. The summed E-state index contributed by atoms with van der Waals surface area (Å²) in [5, 5.41) is 9.09. The molecule has 0 saturated heterocycles. The number of carbonyl (C=O) groups is 1. The summed E-state index contributed by atoms with van der Waals surface area (Å²) >= 11 is 0. The van der Waals surface area contributed by atoms with E-state index in [-0.39, 0.29) is 6.54 Å². The van der Waals surface area contributed by atoms with Crippen molar-refractivity contribution < 1.29 is 9.90 Å². The molecule has 4 nitrogen and oxygen atoms in total. The van der Waals surface area contributed by atoms with Gasteiger partial charge in [-0.15, -0.1) is 0 Å². The van der Waals surface area contributed by atoms with Gasteiger partial charge in [-0.25, -0.2) is 0 Å². The van der Waals surface area contributed by atoms with E-state index in [2.05, 4.69) is 4.98 Å². The molecule has 70 valence electrons. The van der Waals surface area contributed by atoms with Crippen molar-refractivity contribution in [2.75, 3.05) is 11.4 Å². The van der Waals surface area contributed by atoms with Gasteiger partial charge in [0.25, 0.3) is 0 Å². The minimum absolute atomic E-state index is 0.287. The third kappa shape index (κ3) is 2.83. The number of aromatic nitrogens is 1. The van der Waals surface area contributed by atoms with E-state index in [4.69, 9.17) is 5.11 Å². The number of pyridine rings is 1. The van der Waals surface area contributed by atoms with Gasteiger partial charge >= 0.3 is 0 Å². The molecule has 1 aromatic rings. The lowest BCUT2D eigenvalue weighted by Gasteiger charge is -2.18. The highest BCUT2D eigenvalue weighted by Gasteiger charge is 2.07. The molecule has 0 aliphatic heterocycles. The van der Waals surface area contributed by atoms with Crippen LogP contribution in [0.5, 0.6) is 0 Å². The van der Waals surface area contributed by atoms with E-state index in [1.165, 1.54) is 4.90 Å². The van der Waals surface area contributed by atoms with Crippen molar-refractivity contribution in [2.45, 2.75) is 13.0 Å². The van der Waals surface area contributed by atoms with Crippen molar-refractivity contribution in [3.05, 3.63) is 24.5 Å². The first-order valence-electron chi connectivity index (χ1n) is 4.04. The second-order valence-corrected chi connectivity index (χ2v) is 2.82. The van der Waals surface area contributed by atoms with E-state index in [1.807, 2.05) is 0 Å². The van der Waals surface area contributed by atoms with Crippen LogP contribution in [0.15, 0.2) is 24.5 Å². The van der Waals surface area contributed by atoms with Crippen molar-refractivity contribution in [1.29, 1.82) is 0 Å². The highest BCUT2D eigenvalue weighted by Crippen LogP contribution is 2.09. The monoisotopic (exact) mass is 180 g/mol. The van der Waals surface area contributed by atoms with Crippen LogP contribution >= 0.6 is 0 Å². The van der Waals surface area contributed by atoms with Crippen molar-refractivity contribution >= 4 is 12.1 Å². The number of aliphatic hydroxyl groups excluding tert-OH is 1. The van der Waals surface area contributed by atoms with Gasteiger partial charge in [0, 0.05) is 6.20 Å². The van der Waals surface area contributed by atoms with Gasteiger partial charge in [-0.3, -0.25) is 9.78 Å². The maximum Gasteiger partial charge on any atom is 0.214 e. The summed E-state index contributed by atoms with van der Waals surface area (Å²) in [6.45, 7) is 1.92. The Morgan fingerprint density at radius 2 is 2.54 bits per heavy atom. The Bertz CT molecular complexity index is 262. The fourth-order valence-electron chi connectivity index (χ4n) is 1.02. The lowest BCUT2D eigenvalue weighted by Crippen LogP contribution is -2.29. The molecule has 0 fully saturated rings. The van der Waals surface area contributed by atoms with Gasteiger partial charge < -0.3 is 10.0 Å². The van der Waals surface area contributed by atoms with Crippen LogP contribution in [0.3, 0.4) is 0 Å². The zero-order chi connectivity index (χ0) is 9.68. The number of rotatable bonds is 4.